The zero-order valence-corrected chi connectivity index (χ0v) is 19.6. The number of hydrogen-bond acceptors (Lipinski definition) is 4. The Hall–Kier alpha value is -1.74. The average molecular weight is 511 g/mol. The zero-order valence-electron chi connectivity index (χ0n) is 17.3. The third-order valence-electron chi connectivity index (χ3n) is 5.14. The van der Waals surface area contributed by atoms with Crippen LogP contribution in [0, 0.1) is 0 Å². The molecule has 1 aliphatic heterocycles. The first-order chi connectivity index (χ1) is 13.9. The minimum atomic E-state index is 0. The summed E-state index contributed by atoms with van der Waals surface area (Å²) in [7, 11) is 1.82. The minimum absolute atomic E-state index is 0. The lowest BCUT2D eigenvalue weighted by Crippen LogP contribution is -2.44. The molecule has 6 nitrogen and oxygen atoms in total. The van der Waals surface area contributed by atoms with E-state index in [0.717, 1.165) is 56.6 Å². The highest BCUT2D eigenvalue weighted by Gasteiger charge is 2.24. The number of furan rings is 1. The second-order valence-electron chi connectivity index (χ2n) is 7.15. The first kappa shape index (κ1) is 23.5. The lowest BCUT2D eigenvalue weighted by atomic mass is 10.1. The zero-order chi connectivity index (χ0) is 19.4. The Labute approximate surface area is 191 Å². The average Bonchev–Trinajstić information content (AvgIpc) is 3.28. The number of rotatable bonds is 9. The van der Waals surface area contributed by atoms with E-state index in [0.29, 0.717) is 0 Å². The van der Waals surface area contributed by atoms with Gasteiger partial charge in [-0.3, -0.25) is 9.89 Å². The summed E-state index contributed by atoms with van der Waals surface area (Å²) >= 11 is 0. The van der Waals surface area contributed by atoms with Crippen LogP contribution in [0.4, 0.5) is 5.69 Å². The number of anilines is 1. The summed E-state index contributed by atoms with van der Waals surface area (Å²) in [6, 6.07) is 14.6. The molecule has 2 aromatic rings. The quantitative estimate of drug-likeness (QED) is 0.205. The summed E-state index contributed by atoms with van der Waals surface area (Å²) in [5.74, 6) is 1.87. The first-order valence-electron chi connectivity index (χ1n) is 10.4. The highest BCUT2D eigenvalue weighted by Crippen LogP contribution is 2.24. The Morgan fingerprint density at radius 3 is 2.52 bits per heavy atom. The smallest absolute Gasteiger partial charge is 0.191 e. The van der Waals surface area contributed by atoms with Crippen LogP contribution in [0.25, 0.3) is 0 Å². The standard InChI is InChI=1S/C22H33N5O.HI/c1-23-22(25-14-9-13-24-19-10-4-2-5-11-19)26-18-20(21-12-8-17-28-21)27-15-6-3-7-16-27;/h2,4-5,8,10-12,17,20,24H,3,6-7,9,13-16,18H2,1H3,(H2,23,25,26);1H. The molecule has 1 fully saturated rings. The molecule has 7 heteroatoms. The van der Waals surface area contributed by atoms with E-state index in [1.54, 1.807) is 6.26 Å². The van der Waals surface area contributed by atoms with Gasteiger partial charge in [0.1, 0.15) is 5.76 Å². The van der Waals surface area contributed by atoms with Crippen LogP contribution in [-0.2, 0) is 0 Å². The molecule has 1 aromatic carbocycles. The van der Waals surface area contributed by atoms with Gasteiger partial charge in [-0.25, -0.2) is 0 Å². The van der Waals surface area contributed by atoms with Gasteiger partial charge in [-0.2, -0.15) is 0 Å². The molecular formula is C22H34IN5O. The van der Waals surface area contributed by atoms with Crippen molar-refractivity contribution in [3.8, 4) is 0 Å². The second kappa shape index (κ2) is 13.5. The fourth-order valence-corrected chi connectivity index (χ4v) is 3.62. The summed E-state index contributed by atoms with van der Waals surface area (Å²) in [5, 5.41) is 10.3. The SMILES string of the molecule is CN=C(NCCCNc1ccccc1)NCC(c1ccco1)N1CCCCC1.I. The Kier molecular flexibility index (Phi) is 10.9. The summed E-state index contributed by atoms with van der Waals surface area (Å²) in [6.07, 6.45) is 6.63. The van der Waals surface area contributed by atoms with E-state index in [9.17, 15) is 0 Å². The van der Waals surface area contributed by atoms with Crippen molar-refractivity contribution in [3.05, 3.63) is 54.5 Å². The van der Waals surface area contributed by atoms with Crippen molar-refractivity contribution < 1.29 is 4.42 Å². The number of benzene rings is 1. The van der Waals surface area contributed by atoms with Crippen molar-refractivity contribution in [2.24, 2.45) is 4.99 Å². The van der Waals surface area contributed by atoms with Crippen LogP contribution < -0.4 is 16.0 Å². The number of guanidine groups is 1. The second-order valence-corrected chi connectivity index (χ2v) is 7.15. The third kappa shape index (κ3) is 7.89. The lowest BCUT2D eigenvalue weighted by Gasteiger charge is -2.33. The Morgan fingerprint density at radius 1 is 1.03 bits per heavy atom. The molecule has 0 saturated carbocycles. The molecule has 0 radical (unpaired) electrons. The van der Waals surface area contributed by atoms with E-state index in [4.69, 9.17) is 4.42 Å². The maximum atomic E-state index is 5.72. The largest absolute Gasteiger partial charge is 0.468 e. The van der Waals surface area contributed by atoms with Crippen LogP contribution in [-0.4, -0.2) is 50.6 Å². The van der Waals surface area contributed by atoms with Crippen LogP contribution in [0.2, 0.25) is 0 Å². The fraction of sp³-hybridized carbons (Fsp3) is 0.500. The fourth-order valence-electron chi connectivity index (χ4n) is 3.62. The number of aliphatic imine (C=N–C) groups is 1. The molecule has 0 amide bonds. The van der Waals surface area contributed by atoms with Gasteiger partial charge in [0.25, 0.3) is 0 Å². The summed E-state index contributed by atoms with van der Waals surface area (Å²) in [6.45, 7) is 4.84. The molecule has 3 N–H and O–H groups in total. The molecule has 160 valence electrons. The molecule has 0 bridgehead atoms. The number of para-hydroxylation sites is 1. The molecule has 1 saturated heterocycles. The number of hydrogen-bond donors (Lipinski definition) is 3. The van der Waals surface area contributed by atoms with Gasteiger partial charge >= 0.3 is 0 Å². The van der Waals surface area contributed by atoms with Crippen molar-refractivity contribution in [1.29, 1.82) is 0 Å². The topological polar surface area (TPSA) is 64.8 Å². The highest BCUT2D eigenvalue weighted by molar-refractivity contribution is 14.0. The van der Waals surface area contributed by atoms with Crippen molar-refractivity contribution in [1.82, 2.24) is 15.5 Å². The maximum absolute atomic E-state index is 5.72. The molecule has 0 aliphatic carbocycles. The van der Waals surface area contributed by atoms with Crippen LogP contribution >= 0.6 is 24.0 Å². The summed E-state index contributed by atoms with van der Waals surface area (Å²) in [5.41, 5.74) is 1.16. The van der Waals surface area contributed by atoms with Gasteiger partial charge in [-0.1, -0.05) is 24.6 Å². The predicted molar refractivity (Wildman–Crippen MR) is 131 cm³/mol. The van der Waals surface area contributed by atoms with E-state index < -0.39 is 0 Å². The number of likely N-dealkylation sites (tertiary alicyclic amines) is 1. The Morgan fingerprint density at radius 2 is 1.83 bits per heavy atom. The summed E-state index contributed by atoms with van der Waals surface area (Å²) in [4.78, 5) is 6.89. The number of nitrogens with one attached hydrogen (secondary N) is 3. The molecule has 1 aromatic heterocycles. The van der Waals surface area contributed by atoms with E-state index >= 15 is 0 Å². The van der Waals surface area contributed by atoms with Gasteiger partial charge in [-0.05, 0) is 56.6 Å². The van der Waals surface area contributed by atoms with E-state index in [1.165, 1.54) is 19.3 Å². The van der Waals surface area contributed by atoms with Gasteiger partial charge < -0.3 is 20.4 Å². The number of halogens is 1. The minimum Gasteiger partial charge on any atom is -0.468 e. The molecule has 3 rings (SSSR count). The normalized spacial score (nSPS) is 16.0. The van der Waals surface area contributed by atoms with E-state index in [2.05, 4.69) is 44.0 Å². The Bertz CT molecular complexity index is 686. The van der Waals surface area contributed by atoms with Crippen molar-refractivity contribution >= 4 is 35.6 Å². The molecule has 29 heavy (non-hydrogen) atoms. The third-order valence-corrected chi connectivity index (χ3v) is 5.14. The molecule has 1 atom stereocenters. The molecule has 2 heterocycles. The van der Waals surface area contributed by atoms with Gasteiger partial charge in [-0.15, -0.1) is 24.0 Å². The summed E-state index contributed by atoms with van der Waals surface area (Å²) < 4.78 is 5.72. The van der Waals surface area contributed by atoms with Crippen molar-refractivity contribution in [2.75, 3.05) is 45.1 Å². The van der Waals surface area contributed by atoms with Gasteiger partial charge in [0.05, 0.1) is 12.3 Å². The van der Waals surface area contributed by atoms with Gasteiger partial charge in [0.2, 0.25) is 0 Å². The first-order valence-corrected chi connectivity index (χ1v) is 10.4. The van der Waals surface area contributed by atoms with Crippen LogP contribution in [0.1, 0.15) is 37.5 Å². The number of piperidine rings is 1. The van der Waals surface area contributed by atoms with Crippen LogP contribution in [0.3, 0.4) is 0 Å². The van der Waals surface area contributed by atoms with E-state index in [-0.39, 0.29) is 30.0 Å². The van der Waals surface area contributed by atoms with Crippen LogP contribution in [0.15, 0.2) is 58.1 Å². The molecule has 1 aliphatic rings. The molecular weight excluding hydrogens is 477 g/mol. The van der Waals surface area contributed by atoms with Crippen LogP contribution in [0.5, 0.6) is 0 Å². The van der Waals surface area contributed by atoms with Crippen molar-refractivity contribution in [3.63, 3.8) is 0 Å². The maximum Gasteiger partial charge on any atom is 0.191 e. The van der Waals surface area contributed by atoms with E-state index in [1.807, 2.05) is 31.3 Å². The highest BCUT2D eigenvalue weighted by atomic mass is 127. The monoisotopic (exact) mass is 511 g/mol. The van der Waals surface area contributed by atoms with Crippen molar-refractivity contribution in [2.45, 2.75) is 31.7 Å². The molecule has 1 unspecified atom stereocenters. The van der Waals surface area contributed by atoms with Gasteiger partial charge in [0, 0.05) is 32.4 Å². The predicted octanol–water partition coefficient (Wildman–Crippen LogP) is 4.09. The van der Waals surface area contributed by atoms with Gasteiger partial charge in [0.15, 0.2) is 5.96 Å². The lowest BCUT2D eigenvalue weighted by molar-refractivity contribution is 0.146. The Balaban J connectivity index is 0.00000300. The molecule has 0 spiro atoms. The number of nitrogens with zero attached hydrogens (tertiary/aromatic N) is 2.